The van der Waals surface area contributed by atoms with E-state index in [1.165, 1.54) is 17.0 Å². The predicted molar refractivity (Wildman–Crippen MR) is 185 cm³/mol. The molecule has 4 rings (SSSR count). The average molecular weight is 660 g/mol. The van der Waals surface area contributed by atoms with Crippen LogP contribution in [0.5, 0.6) is 0 Å². The normalized spacial score (nSPS) is 12.3. The van der Waals surface area contributed by atoms with E-state index in [4.69, 9.17) is 11.6 Å². The molecule has 2 amide bonds. The van der Waals surface area contributed by atoms with Gasteiger partial charge in [-0.3, -0.25) is 13.9 Å². The number of nitrogens with zero attached hydrogens (tertiary/aromatic N) is 2. The van der Waals surface area contributed by atoms with Crippen molar-refractivity contribution >= 4 is 39.1 Å². The monoisotopic (exact) mass is 659 g/mol. The fraction of sp³-hybridized carbons (Fsp3) is 0.297. The molecule has 1 atom stereocenters. The quantitative estimate of drug-likeness (QED) is 0.188. The molecule has 0 aliphatic rings. The molecule has 0 heterocycles. The lowest BCUT2D eigenvalue weighted by Crippen LogP contribution is -2.56. The van der Waals surface area contributed by atoms with Crippen molar-refractivity contribution in [3.63, 3.8) is 0 Å². The van der Waals surface area contributed by atoms with Gasteiger partial charge in [0.2, 0.25) is 11.8 Å². The van der Waals surface area contributed by atoms with Crippen molar-refractivity contribution in [2.75, 3.05) is 10.8 Å². The highest BCUT2D eigenvalue weighted by molar-refractivity contribution is 7.92. The van der Waals surface area contributed by atoms with Crippen molar-refractivity contribution in [3.05, 3.63) is 130 Å². The van der Waals surface area contributed by atoms with Gasteiger partial charge in [0.15, 0.2) is 0 Å². The van der Waals surface area contributed by atoms with E-state index >= 15 is 0 Å². The van der Waals surface area contributed by atoms with Gasteiger partial charge in [-0.25, -0.2) is 8.42 Å². The standard InChI is InChI=1S/C37H42ClN3O4S/c1-26-16-20-32(21-17-26)46(44,45)41(31-19-18-28(3)33(38)23-31)25-35(42)40(24-30-15-11-10-12-27(30)2)34(36(43)39-37(4,5)6)22-29-13-8-7-9-14-29/h7-21,23,34H,22,24-25H2,1-6H3,(H,39,43)/t34-/m1/s1. The molecule has 0 bridgehead atoms. The molecule has 4 aromatic carbocycles. The number of carbonyl (C=O) groups excluding carboxylic acids is 2. The van der Waals surface area contributed by atoms with Crippen LogP contribution >= 0.6 is 11.6 Å². The number of amides is 2. The number of sulfonamides is 1. The Labute approximate surface area is 278 Å². The summed E-state index contributed by atoms with van der Waals surface area (Å²) in [5.41, 5.74) is 4.02. The minimum atomic E-state index is -4.22. The molecule has 0 spiro atoms. The largest absolute Gasteiger partial charge is 0.350 e. The number of benzene rings is 4. The molecule has 4 aromatic rings. The fourth-order valence-electron chi connectivity index (χ4n) is 5.08. The highest BCUT2D eigenvalue weighted by Crippen LogP contribution is 2.29. The number of carbonyl (C=O) groups is 2. The number of halogens is 1. The third-order valence-corrected chi connectivity index (χ3v) is 9.90. The zero-order chi connectivity index (χ0) is 33.6. The Morgan fingerprint density at radius 1 is 0.826 bits per heavy atom. The van der Waals surface area contributed by atoms with E-state index in [9.17, 15) is 18.0 Å². The molecule has 0 aliphatic heterocycles. The van der Waals surface area contributed by atoms with Crippen molar-refractivity contribution < 1.29 is 18.0 Å². The highest BCUT2D eigenvalue weighted by atomic mass is 35.5. The lowest BCUT2D eigenvalue weighted by Gasteiger charge is -2.35. The summed E-state index contributed by atoms with van der Waals surface area (Å²) in [5, 5.41) is 3.43. The van der Waals surface area contributed by atoms with Crippen LogP contribution in [-0.2, 0) is 32.6 Å². The van der Waals surface area contributed by atoms with E-state index in [-0.39, 0.29) is 29.5 Å². The van der Waals surface area contributed by atoms with Crippen molar-refractivity contribution in [2.24, 2.45) is 0 Å². The molecule has 242 valence electrons. The van der Waals surface area contributed by atoms with Gasteiger partial charge in [-0.1, -0.05) is 90.0 Å². The molecule has 0 aromatic heterocycles. The maximum atomic E-state index is 14.6. The van der Waals surface area contributed by atoms with Crippen molar-refractivity contribution in [2.45, 2.75) is 71.0 Å². The summed E-state index contributed by atoms with van der Waals surface area (Å²) in [6, 6.07) is 27.6. The van der Waals surface area contributed by atoms with Crippen LogP contribution < -0.4 is 9.62 Å². The van der Waals surface area contributed by atoms with Crippen LogP contribution in [0.1, 0.15) is 48.6 Å². The predicted octanol–water partition coefficient (Wildman–Crippen LogP) is 7.02. The number of aryl methyl sites for hydroxylation is 3. The number of hydrogen-bond acceptors (Lipinski definition) is 4. The van der Waals surface area contributed by atoms with Gasteiger partial charge in [0.25, 0.3) is 10.0 Å². The first-order valence-corrected chi connectivity index (χ1v) is 17.0. The molecule has 0 aliphatic carbocycles. The summed E-state index contributed by atoms with van der Waals surface area (Å²) in [6.45, 7) is 10.8. The van der Waals surface area contributed by atoms with Crippen LogP contribution in [-0.4, -0.2) is 43.3 Å². The number of rotatable bonds is 11. The lowest BCUT2D eigenvalue weighted by molar-refractivity contribution is -0.140. The van der Waals surface area contributed by atoms with Crippen molar-refractivity contribution in [1.29, 1.82) is 0 Å². The number of hydrogen-bond donors (Lipinski definition) is 1. The van der Waals surface area contributed by atoms with Crippen LogP contribution in [0.2, 0.25) is 5.02 Å². The first-order chi connectivity index (χ1) is 21.7. The first-order valence-electron chi connectivity index (χ1n) is 15.2. The number of nitrogens with one attached hydrogen (secondary N) is 1. The third-order valence-electron chi connectivity index (χ3n) is 7.70. The van der Waals surface area contributed by atoms with Gasteiger partial charge < -0.3 is 10.2 Å². The van der Waals surface area contributed by atoms with Gasteiger partial charge in [0, 0.05) is 23.5 Å². The van der Waals surface area contributed by atoms with Crippen LogP contribution in [0.4, 0.5) is 5.69 Å². The lowest BCUT2D eigenvalue weighted by atomic mass is 10.00. The topological polar surface area (TPSA) is 86.8 Å². The summed E-state index contributed by atoms with van der Waals surface area (Å²) in [4.78, 5) is 30.2. The Balaban J connectivity index is 1.84. The number of anilines is 1. The van der Waals surface area contributed by atoms with E-state index in [2.05, 4.69) is 5.32 Å². The summed E-state index contributed by atoms with van der Waals surface area (Å²) < 4.78 is 29.5. The summed E-state index contributed by atoms with van der Waals surface area (Å²) in [7, 11) is -4.22. The molecule has 0 radical (unpaired) electrons. The summed E-state index contributed by atoms with van der Waals surface area (Å²) in [6.07, 6.45) is 0.238. The Kier molecular flexibility index (Phi) is 11.0. The average Bonchev–Trinajstić information content (AvgIpc) is 2.99. The second kappa shape index (κ2) is 14.5. The maximum absolute atomic E-state index is 14.6. The van der Waals surface area contributed by atoms with E-state index in [1.807, 2.05) is 96.1 Å². The Hall–Kier alpha value is -4.14. The van der Waals surface area contributed by atoms with Gasteiger partial charge in [-0.05, 0) is 88.1 Å². The summed E-state index contributed by atoms with van der Waals surface area (Å²) >= 11 is 6.47. The third kappa shape index (κ3) is 8.77. The molecule has 0 fully saturated rings. The molecular weight excluding hydrogens is 618 g/mol. The van der Waals surface area contributed by atoms with Gasteiger partial charge >= 0.3 is 0 Å². The van der Waals surface area contributed by atoms with Gasteiger partial charge in [-0.15, -0.1) is 0 Å². The fourth-order valence-corrected chi connectivity index (χ4v) is 6.66. The van der Waals surface area contributed by atoms with Gasteiger partial charge in [0.05, 0.1) is 10.6 Å². The van der Waals surface area contributed by atoms with Crippen LogP contribution in [0.25, 0.3) is 0 Å². The molecule has 7 nitrogen and oxygen atoms in total. The maximum Gasteiger partial charge on any atom is 0.264 e. The molecule has 0 saturated carbocycles. The van der Waals surface area contributed by atoms with Crippen molar-refractivity contribution in [1.82, 2.24) is 10.2 Å². The smallest absolute Gasteiger partial charge is 0.264 e. The van der Waals surface area contributed by atoms with E-state index in [0.29, 0.717) is 5.02 Å². The van der Waals surface area contributed by atoms with Gasteiger partial charge in [-0.2, -0.15) is 0 Å². The minimum absolute atomic E-state index is 0.0411. The van der Waals surface area contributed by atoms with Gasteiger partial charge in [0.1, 0.15) is 12.6 Å². The zero-order valence-electron chi connectivity index (χ0n) is 27.2. The molecule has 0 unspecified atom stereocenters. The molecular formula is C37H42ClN3O4S. The molecule has 46 heavy (non-hydrogen) atoms. The molecule has 9 heteroatoms. The Morgan fingerprint density at radius 3 is 2.07 bits per heavy atom. The van der Waals surface area contributed by atoms with Crippen molar-refractivity contribution in [3.8, 4) is 0 Å². The molecule has 1 N–H and O–H groups in total. The minimum Gasteiger partial charge on any atom is -0.350 e. The Bertz CT molecular complexity index is 1790. The first kappa shape index (κ1) is 34.7. The Morgan fingerprint density at radius 2 is 1.46 bits per heavy atom. The van der Waals surface area contributed by atoms with Crippen LogP contribution in [0, 0.1) is 20.8 Å². The van der Waals surface area contributed by atoms with Crippen LogP contribution in [0.3, 0.4) is 0 Å². The highest BCUT2D eigenvalue weighted by Gasteiger charge is 2.36. The molecule has 0 saturated heterocycles. The zero-order valence-corrected chi connectivity index (χ0v) is 28.8. The van der Waals surface area contributed by atoms with E-state index in [1.54, 1.807) is 30.3 Å². The second-order valence-corrected chi connectivity index (χ2v) is 14.9. The second-order valence-electron chi connectivity index (χ2n) is 12.7. The van der Waals surface area contributed by atoms with E-state index < -0.39 is 34.1 Å². The van der Waals surface area contributed by atoms with E-state index in [0.717, 1.165) is 32.1 Å². The van der Waals surface area contributed by atoms with Crippen LogP contribution in [0.15, 0.2) is 102 Å². The summed E-state index contributed by atoms with van der Waals surface area (Å²) in [5.74, 6) is -0.856. The SMILES string of the molecule is Cc1ccc(S(=O)(=O)N(CC(=O)N(Cc2ccccc2C)[C@H](Cc2ccccc2)C(=O)NC(C)(C)C)c2ccc(C)c(Cl)c2)cc1.